The first-order chi connectivity index (χ1) is 12.7. The zero-order valence-corrected chi connectivity index (χ0v) is 16.4. The summed E-state index contributed by atoms with van der Waals surface area (Å²) in [5.74, 6) is -0.765. The Morgan fingerprint density at radius 1 is 1.52 bits per heavy atom. The predicted molar refractivity (Wildman–Crippen MR) is 96.6 cm³/mol. The molecule has 0 bridgehead atoms. The number of hydrogen-bond acceptors (Lipinski definition) is 7. The summed E-state index contributed by atoms with van der Waals surface area (Å²) in [5.41, 5.74) is 4.07. The third-order valence-electron chi connectivity index (χ3n) is 3.65. The minimum absolute atomic E-state index is 0.104. The number of nitrogens with two attached hydrogens (primary N) is 1. The number of nitrogens with zero attached hydrogens (tertiary/aromatic N) is 2. The molecule has 0 spiro atoms. The largest absolute Gasteiger partial charge is 0.465 e. The van der Waals surface area contributed by atoms with Gasteiger partial charge in [0, 0.05) is 6.38 Å². The van der Waals surface area contributed by atoms with E-state index in [2.05, 4.69) is 42.1 Å². The number of anilines is 1. The lowest BCUT2D eigenvalue weighted by molar-refractivity contribution is -0.135. The van der Waals surface area contributed by atoms with Gasteiger partial charge in [0.15, 0.2) is 24.0 Å². The number of carbonyl (C=O) groups excluding carboxylic acids is 1. The molecule has 156 valence electrons. The van der Waals surface area contributed by atoms with Crippen molar-refractivity contribution < 1.29 is 28.2 Å². The van der Waals surface area contributed by atoms with Crippen molar-refractivity contribution in [3.8, 4) is 0 Å². The Hall–Kier alpha value is -1.78. The number of halogens is 3. The van der Waals surface area contributed by atoms with Crippen LogP contribution in [0.25, 0.3) is 0 Å². The van der Waals surface area contributed by atoms with Crippen LogP contribution in [-0.2, 0) is 14.3 Å². The predicted octanol–water partition coefficient (Wildman–Crippen LogP) is 1.64. The van der Waals surface area contributed by atoms with Crippen LogP contribution in [0.2, 0.25) is 0 Å². The van der Waals surface area contributed by atoms with Gasteiger partial charge in [-0.2, -0.15) is 4.98 Å². The molecule has 27 heavy (non-hydrogen) atoms. The van der Waals surface area contributed by atoms with Gasteiger partial charge in [-0.05, 0) is 5.92 Å². The highest BCUT2D eigenvalue weighted by molar-refractivity contribution is 6.15. The number of aromatic nitrogens is 2. The Balaban J connectivity index is 0.000000838. The SMILES string of the molecule is CCC(C)C.CCl.Nc1nc(=O)n(C2OC(COC=O)C(O)C2F)cc1F. The minimum Gasteiger partial charge on any atom is -0.465 e. The molecule has 0 aliphatic carbocycles. The molecule has 1 aromatic rings. The van der Waals surface area contributed by atoms with Crippen LogP contribution in [-0.4, -0.2) is 52.5 Å². The Labute approximate surface area is 161 Å². The molecule has 1 saturated heterocycles. The van der Waals surface area contributed by atoms with Crippen LogP contribution in [0, 0.1) is 11.7 Å². The Morgan fingerprint density at radius 2 is 2.07 bits per heavy atom. The van der Waals surface area contributed by atoms with Crippen molar-refractivity contribution in [1.82, 2.24) is 9.55 Å². The standard InChI is InChI=1S/C10H11F2N3O5.C5H12.CH3Cl/c11-4-1-15(10(18)14-8(4)13)9-6(12)7(17)5(20-9)2-19-3-16;1-4-5(2)3;1-2/h1,3,5-7,9,17H,2H2,(H2,13,14,18);5H,4H2,1-3H3;1H3. The molecule has 8 nitrogen and oxygen atoms in total. The first kappa shape index (κ1) is 25.2. The summed E-state index contributed by atoms with van der Waals surface area (Å²) in [5, 5.41) is 9.58. The molecule has 11 heteroatoms. The normalized spacial score (nSPS) is 23.7. The fourth-order valence-electron chi connectivity index (χ4n) is 1.84. The van der Waals surface area contributed by atoms with E-state index in [1.807, 2.05) is 0 Å². The molecular weight excluding hydrogens is 388 g/mol. The van der Waals surface area contributed by atoms with Gasteiger partial charge < -0.3 is 20.3 Å². The van der Waals surface area contributed by atoms with E-state index < -0.39 is 48.5 Å². The third kappa shape index (κ3) is 7.39. The fraction of sp³-hybridized carbons (Fsp3) is 0.688. The number of hydrogen-bond donors (Lipinski definition) is 2. The number of rotatable bonds is 5. The van der Waals surface area contributed by atoms with Gasteiger partial charge in [-0.3, -0.25) is 9.36 Å². The van der Waals surface area contributed by atoms with Gasteiger partial charge in [0.05, 0.1) is 6.20 Å². The maximum atomic E-state index is 13.9. The summed E-state index contributed by atoms with van der Waals surface area (Å²) in [6.07, 6.45) is -2.99. The number of aliphatic hydroxyl groups is 1. The average Bonchev–Trinajstić information content (AvgIpc) is 2.93. The molecule has 1 aromatic heterocycles. The Bertz CT molecular complexity index is 633. The van der Waals surface area contributed by atoms with E-state index >= 15 is 0 Å². The highest BCUT2D eigenvalue weighted by Crippen LogP contribution is 2.31. The van der Waals surface area contributed by atoms with Crippen molar-refractivity contribution in [2.24, 2.45) is 5.92 Å². The van der Waals surface area contributed by atoms with E-state index in [-0.39, 0.29) is 6.47 Å². The number of ether oxygens (including phenoxy) is 2. The summed E-state index contributed by atoms with van der Waals surface area (Å²) >= 11 is 4.64. The molecule has 4 atom stereocenters. The number of nitrogen functional groups attached to an aromatic ring is 1. The topological polar surface area (TPSA) is 117 Å². The van der Waals surface area contributed by atoms with Crippen LogP contribution >= 0.6 is 11.6 Å². The number of aliphatic hydroxyl groups excluding tert-OH is 1. The van der Waals surface area contributed by atoms with E-state index in [4.69, 9.17) is 10.5 Å². The van der Waals surface area contributed by atoms with Crippen LogP contribution in [0.15, 0.2) is 11.0 Å². The van der Waals surface area contributed by atoms with Crippen molar-refractivity contribution in [2.45, 2.75) is 51.8 Å². The van der Waals surface area contributed by atoms with Gasteiger partial charge in [0.2, 0.25) is 0 Å². The zero-order valence-electron chi connectivity index (χ0n) is 15.6. The van der Waals surface area contributed by atoms with E-state index in [1.54, 1.807) is 0 Å². The molecule has 4 unspecified atom stereocenters. The van der Waals surface area contributed by atoms with Gasteiger partial charge >= 0.3 is 5.69 Å². The van der Waals surface area contributed by atoms with Gasteiger partial charge in [-0.15, -0.1) is 11.6 Å². The molecule has 0 aromatic carbocycles. The fourth-order valence-corrected chi connectivity index (χ4v) is 1.84. The minimum atomic E-state index is -2.02. The summed E-state index contributed by atoms with van der Waals surface area (Å²) < 4.78 is 37.1. The first-order valence-corrected chi connectivity index (χ1v) is 8.93. The van der Waals surface area contributed by atoms with Crippen molar-refractivity contribution in [3.05, 3.63) is 22.5 Å². The molecule has 1 aliphatic rings. The third-order valence-corrected chi connectivity index (χ3v) is 3.65. The lowest BCUT2D eigenvalue weighted by atomic mass is 10.1. The molecule has 2 heterocycles. The van der Waals surface area contributed by atoms with E-state index in [9.17, 15) is 23.5 Å². The Kier molecular flexibility index (Phi) is 11.7. The van der Waals surface area contributed by atoms with Crippen LogP contribution in [0.1, 0.15) is 33.4 Å². The number of alkyl halides is 2. The van der Waals surface area contributed by atoms with Crippen LogP contribution in [0.5, 0.6) is 0 Å². The zero-order chi connectivity index (χ0) is 21.1. The quantitative estimate of drug-likeness (QED) is 0.556. The maximum absolute atomic E-state index is 13.9. The molecular formula is C16H26ClF2N3O5. The van der Waals surface area contributed by atoms with Gasteiger partial charge in [0.25, 0.3) is 6.47 Å². The second-order valence-corrected chi connectivity index (χ2v) is 5.90. The lowest BCUT2D eigenvalue weighted by Gasteiger charge is -2.15. The Morgan fingerprint density at radius 3 is 2.56 bits per heavy atom. The van der Waals surface area contributed by atoms with Crippen molar-refractivity contribution >= 4 is 23.9 Å². The molecule has 0 radical (unpaired) electrons. The maximum Gasteiger partial charge on any atom is 0.351 e. The van der Waals surface area contributed by atoms with Crippen LogP contribution < -0.4 is 11.4 Å². The van der Waals surface area contributed by atoms with Crippen molar-refractivity contribution in [2.75, 3.05) is 18.7 Å². The molecule has 1 fully saturated rings. The first-order valence-electron chi connectivity index (χ1n) is 8.17. The van der Waals surface area contributed by atoms with Gasteiger partial charge in [-0.1, -0.05) is 27.2 Å². The summed E-state index contributed by atoms with van der Waals surface area (Å²) in [7, 11) is 0. The van der Waals surface area contributed by atoms with E-state index in [0.29, 0.717) is 10.8 Å². The van der Waals surface area contributed by atoms with E-state index in [0.717, 1.165) is 5.92 Å². The van der Waals surface area contributed by atoms with Gasteiger partial charge in [0.1, 0.15) is 18.8 Å². The van der Waals surface area contributed by atoms with Gasteiger partial charge in [-0.25, -0.2) is 13.6 Å². The smallest absolute Gasteiger partial charge is 0.351 e. The molecule has 3 N–H and O–H groups in total. The second-order valence-electron chi connectivity index (χ2n) is 5.90. The molecule has 1 aliphatic heterocycles. The molecule has 2 rings (SSSR count). The summed E-state index contributed by atoms with van der Waals surface area (Å²) in [6.45, 7) is 6.35. The monoisotopic (exact) mass is 413 g/mol. The van der Waals surface area contributed by atoms with Crippen LogP contribution in [0.3, 0.4) is 0 Å². The summed E-state index contributed by atoms with van der Waals surface area (Å²) in [4.78, 5) is 24.8. The lowest BCUT2D eigenvalue weighted by Crippen LogP contribution is -2.34. The highest BCUT2D eigenvalue weighted by atomic mass is 35.5. The highest BCUT2D eigenvalue weighted by Gasteiger charge is 2.46. The number of carbonyl (C=O) groups is 1. The molecule has 0 saturated carbocycles. The molecule has 0 amide bonds. The average molecular weight is 414 g/mol. The van der Waals surface area contributed by atoms with E-state index in [1.165, 1.54) is 12.8 Å². The van der Waals surface area contributed by atoms with Crippen molar-refractivity contribution in [3.63, 3.8) is 0 Å². The second kappa shape index (κ2) is 12.6. The van der Waals surface area contributed by atoms with Crippen molar-refractivity contribution in [1.29, 1.82) is 0 Å². The van der Waals surface area contributed by atoms with Crippen LogP contribution in [0.4, 0.5) is 14.6 Å². The summed E-state index contributed by atoms with van der Waals surface area (Å²) in [6, 6.07) is 0.